The van der Waals surface area contributed by atoms with Crippen LogP contribution in [0, 0.1) is 0 Å². The van der Waals surface area contributed by atoms with Crippen LogP contribution in [0.4, 0.5) is 0 Å². The molecule has 1 saturated heterocycles. The molecule has 2 atom stereocenters. The number of rotatable bonds is 2. The summed E-state index contributed by atoms with van der Waals surface area (Å²) in [5, 5.41) is 2.08. The summed E-state index contributed by atoms with van der Waals surface area (Å²) in [5.74, 6) is 0.0559. The minimum absolute atomic E-state index is 0.0197. The molecule has 110 valence electrons. The van der Waals surface area contributed by atoms with Gasteiger partial charge < -0.3 is 15.4 Å². The monoisotopic (exact) mass is 284 g/mol. The SMILES string of the molecule is CC1CN(C(=O)c2cccc3ccccc23)CC(CN)O1. The molecule has 1 aliphatic rings. The number of carbonyl (C=O) groups is 1. The number of carbonyl (C=O) groups excluding carboxylic acids is 1. The summed E-state index contributed by atoms with van der Waals surface area (Å²) in [6.07, 6.45) is -0.0566. The van der Waals surface area contributed by atoms with Gasteiger partial charge in [-0.05, 0) is 23.8 Å². The Morgan fingerprint density at radius 3 is 2.81 bits per heavy atom. The van der Waals surface area contributed by atoms with Crippen molar-refractivity contribution in [2.45, 2.75) is 19.1 Å². The van der Waals surface area contributed by atoms with Gasteiger partial charge in [-0.1, -0.05) is 36.4 Å². The number of nitrogens with two attached hydrogens (primary N) is 1. The van der Waals surface area contributed by atoms with Crippen molar-refractivity contribution in [2.75, 3.05) is 19.6 Å². The number of hydrogen-bond acceptors (Lipinski definition) is 3. The third-order valence-corrected chi connectivity index (χ3v) is 3.90. The maximum absolute atomic E-state index is 12.9. The lowest BCUT2D eigenvalue weighted by molar-refractivity contribution is -0.0625. The molecule has 2 N–H and O–H groups in total. The molecule has 0 spiro atoms. The molecule has 1 amide bonds. The molecule has 2 unspecified atom stereocenters. The van der Waals surface area contributed by atoms with Crippen LogP contribution in [0.2, 0.25) is 0 Å². The predicted molar refractivity (Wildman–Crippen MR) is 83.2 cm³/mol. The van der Waals surface area contributed by atoms with E-state index in [1.165, 1.54) is 0 Å². The average Bonchev–Trinajstić information content (AvgIpc) is 2.53. The highest BCUT2D eigenvalue weighted by Gasteiger charge is 2.28. The van der Waals surface area contributed by atoms with Gasteiger partial charge in [0, 0.05) is 25.2 Å². The van der Waals surface area contributed by atoms with Crippen molar-refractivity contribution in [3.05, 3.63) is 48.0 Å². The Morgan fingerprint density at radius 1 is 1.24 bits per heavy atom. The summed E-state index contributed by atoms with van der Waals surface area (Å²) in [6, 6.07) is 13.8. The lowest BCUT2D eigenvalue weighted by Gasteiger charge is -2.36. The topological polar surface area (TPSA) is 55.6 Å². The van der Waals surface area contributed by atoms with E-state index in [1.54, 1.807) is 0 Å². The van der Waals surface area contributed by atoms with Gasteiger partial charge in [-0.15, -0.1) is 0 Å². The zero-order valence-corrected chi connectivity index (χ0v) is 12.2. The van der Waals surface area contributed by atoms with Crippen LogP contribution >= 0.6 is 0 Å². The molecule has 21 heavy (non-hydrogen) atoms. The van der Waals surface area contributed by atoms with Gasteiger partial charge in [-0.3, -0.25) is 4.79 Å². The van der Waals surface area contributed by atoms with Crippen LogP contribution in [-0.2, 0) is 4.74 Å². The second-order valence-electron chi connectivity index (χ2n) is 5.54. The molecule has 1 fully saturated rings. The van der Waals surface area contributed by atoms with Crippen molar-refractivity contribution in [3.8, 4) is 0 Å². The zero-order chi connectivity index (χ0) is 14.8. The van der Waals surface area contributed by atoms with E-state index in [0.29, 0.717) is 19.6 Å². The third kappa shape index (κ3) is 2.77. The average molecular weight is 284 g/mol. The van der Waals surface area contributed by atoms with Gasteiger partial charge in [-0.2, -0.15) is 0 Å². The Morgan fingerprint density at radius 2 is 2.00 bits per heavy atom. The molecule has 2 aromatic rings. The summed E-state index contributed by atoms with van der Waals surface area (Å²) in [6.45, 7) is 3.58. The fourth-order valence-corrected chi connectivity index (χ4v) is 2.92. The van der Waals surface area contributed by atoms with E-state index in [-0.39, 0.29) is 18.1 Å². The molecule has 3 rings (SSSR count). The summed E-state index contributed by atoms with van der Waals surface area (Å²) in [5.41, 5.74) is 6.44. The van der Waals surface area contributed by atoms with Gasteiger partial charge in [0.15, 0.2) is 0 Å². The van der Waals surface area contributed by atoms with E-state index >= 15 is 0 Å². The largest absolute Gasteiger partial charge is 0.370 e. The minimum atomic E-state index is -0.0762. The van der Waals surface area contributed by atoms with E-state index in [4.69, 9.17) is 10.5 Å². The molecule has 1 heterocycles. The number of fused-ring (bicyclic) bond motifs is 1. The van der Waals surface area contributed by atoms with Crippen LogP contribution < -0.4 is 5.73 Å². The first-order valence-corrected chi connectivity index (χ1v) is 7.31. The summed E-state index contributed by atoms with van der Waals surface area (Å²) < 4.78 is 5.72. The van der Waals surface area contributed by atoms with E-state index in [1.807, 2.05) is 54.3 Å². The molecule has 0 aromatic heterocycles. The summed E-state index contributed by atoms with van der Waals surface area (Å²) in [7, 11) is 0. The van der Waals surface area contributed by atoms with Crippen LogP contribution in [0.25, 0.3) is 10.8 Å². The summed E-state index contributed by atoms with van der Waals surface area (Å²) in [4.78, 5) is 14.7. The quantitative estimate of drug-likeness (QED) is 0.918. The highest BCUT2D eigenvalue weighted by atomic mass is 16.5. The lowest BCUT2D eigenvalue weighted by atomic mass is 10.0. The van der Waals surface area contributed by atoms with Gasteiger partial charge in [0.1, 0.15) is 0 Å². The molecule has 0 radical (unpaired) electrons. The predicted octanol–water partition coefficient (Wildman–Crippen LogP) is 2.03. The Balaban J connectivity index is 1.93. The summed E-state index contributed by atoms with van der Waals surface area (Å²) >= 11 is 0. The van der Waals surface area contributed by atoms with Gasteiger partial charge in [0.2, 0.25) is 0 Å². The number of ether oxygens (including phenoxy) is 1. The first-order chi connectivity index (χ1) is 10.2. The normalized spacial score (nSPS) is 22.5. The number of amides is 1. The standard InChI is InChI=1S/C17H20N2O2/c1-12-10-19(11-14(9-18)21-12)17(20)16-8-4-6-13-5-2-3-7-15(13)16/h2-8,12,14H,9-11,18H2,1H3. The van der Waals surface area contributed by atoms with Crippen LogP contribution in [0.15, 0.2) is 42.5 Å². The van der Waals surface area contributed by atoms with Gasteiger partial charge in [0.25, 0.3) is 5.91 Å². The van der Waals surface area contributed by atoms with E-state index in [0.717, 1.165) is 16.3 Å². The number of morpholine rings is 1. The molecule has 1 aliphatic heterocycles. The van der Waals surface area contributed by atoms with Crippen molar-refractivity contribution < 1.29 is 9.53 Å². The van der Waals surface area contributed by atoms with Crippen molar-refractivity contribution in [1.29, 1.82) is 0 Å². The Bertz CT molecular complexity index is 651. The lowest BCUT2D eigenvalue weighted by Crippen LogP contribution is -2.51. The van der Waals surface area contributed by atoms with Crippen molar-refractivity contribution >= 4 is 16.7 Å². The third-order valence-electron chi connectivity index (χ3n) is 3.90. The van der Waals surface area contributed by atoms with Crippen molar-refractivity contribution in [3.63, 3.8) is 0 Å². The Hall–Kier alpha value is -1.91. The van der Waals surface area contributed by atoms with E-state index in [2.05, 4.69) is 0 Å². The van der Waals surface area contributed by atoms with Crippen LogP contribution in [0.3, 0.4) is 0 Å². The molecule has 4 heteroatoms. The van der Waals surface area contributed by atoms with Gasteiger partial charge in [-0.25, -0.2) is 0 Å². The van der Waals surface area contributed by atoms with E-state index < -0.39 is 0 Å². The van der Waals surface area contributed by atoms with Crippen molar-refractivity contribution in [1.82, 2.24) is 4.90 Å². The molecule has 0 bridgehead atoms. The number of benzene rings is 2. The molecular formula is C17H20N2O2. The molecule has 4 nitrogen and oxygen atoms in total. The second kappa shape index (κ2) is 5.84. The van der Waals surface area contributed by atoms with E-state index in [9.17, 15) is 4.79 Å². The maximum Gasteiger partial charge on any atom is 0.254 e. The fraction of sp³-hybridized carbons (Fsp3) is 0.353. The fourth-order valence-electron chi connectivity index (χ4n) is 2.92. The smallest absolute Gasteiger partial charge is 0.254 e. The van der Waals surface area contributed by atoms with Gasteiger partial charge in [0.05, 0.1) is 12.2 Å². The minimum Gasteiger partial charge on any atom is -0.370 e. The van der Waals surface area contributed by atoms with Crippen molar-refractivity contribution in [2.24, 2.45) is 5.73 Å². The maximum atomic E-state index is 12.9. The number of nitrogens with zero attached hydrogens (tertiary/aromatic N) is 1. The van der Waals surface area contributed by atoms with Crippen LogP contribution in [-0.4, -0.2) is 42.6 Å². The Kier molecular flexibility index (Phi) is 3.90. The number of hydrogen-bond donors (Lipinski definition) is 1. The molecular weight excluding hydrogens is 264 g/mol. The molecule has 2 aromatic carbocycles. The highest BCUT2D eigenvalue weighted by Crippen LogP contribution is 2.21. The molecule has 0 aliphatic carbocycles. The van der Waals surface area contributed by atoms with Crippen LogP contribution in [0.5, 0.6) is 0 Å². The molecule has 0 saturated carbocycles. The zero-order valence-electron chi connectivity index (χ0n) is 12.2. The highest BCUT2D eigenvalue weighted by molar-refractivity contribution is 6.07. The van der Waals surface area contributed by atoms with Crippen LogP contribution in [0.1, 0.15) is 17.3 Å². The Labute approximate surface area is 124 Å². The first kappa shape index (κ1) is 14.0. The second-order valence-corrected chi connectivity index (χ2v) is 5.54. The first-order valence-electron chi connectivity index (χ1n) is 7.31. The van der Waals surface area contributed by atoms with Gasteiger partial charge >= 0.3 is 0 Å².